The average molecular weight is 412 g/mol. The van der Waals surface area contributed by atoms with Gasteiger partial charge in [0.2, 0.25) is 28.7 Å². The Morgan fingerprint density at radius 2 is 1.86 bits per heavy atom. The van der Waals surface area contributed by atoms with E-state index in [2.05, 4.69) is 25.9 Å². The molecule has 0 aliphatic rings. The number of amides is 4. The first-order valence-corrected chi connectivity index (χ1v) is 9.41. The predicted octanol–water partition coefficient (Wildman–Crippen LogP) is -1.79. The van der Waals surface area contributed by atoms with E-state index in [0.29, 0.717) is 5.69 Å². The zero-order valence-corrected chi connectivity index (χ0v) is 16.4. The Kier molecular flexibility index (Phi) is 9.71. The van der Waals surface area contributed by atoms with E-state index in [0.717, 1.165) is 11.8 Å². The predicted molar refractivity (Wildman–Crippen MR) is 102 cm³/mol. The van der Waals surface area contributed by atoms with Crippen molar-refractivity contribution in [1.29, 1.82) is 0 Å². The molecule has 28 heavy (non-hydrogen) atoms. The summed E-state index contributed by atoms with van der Waals surface area (Å²) in [7, 11) is 0. The molecule has 1 aromatic rings. The summed E-state index contributed by atoms with van der Waals surface area (Å²) in [5.74, 6) is -1.95. The lowest BCUT2D eigenvalue weighted by molar-refractivity contribution is -0.125. The maximum atomic E-state index is 12.6. The maximum absolute atomic E-state index is 12.6. The molecule has 4 amide bonds. The van der Waals surface area contributed by atoms with Gasteiger partial charge in [-0.15, -0.1) is 0 Å². The van der Waals surface area contributed by atoms with E-state index in [1.165, 1.54) is 26.4 Å². The Balaban J connectivity index is 2.70. The molecule has 1 heterocycles. The number of imidazole rings is 1. The molecule has 2 atom stereocenters. The number of hydrogen-bond donors (Lipinski definition) is 5. The van der Waals surface area contributed by atoms with Crippen molar-refractivity contribution in [3.63, 3.8) is 0 Å². The lowest BCUT2D eigenvalue weighted by Gasteiger charge is -2.18. The van der Waals surface area contributed by atoms with Crippen LogP contribution in [0.5, 0.6) is 0 Å². The van der Waals surface area contributed by atoms with Crippen molar-refractivity contribution in [3.8, 4) is 0 Å². The van der Waals surface area contributed by atoms with Gasteiger partial charge in [-0.3, -0.25) is 24.0 Å². The zero-order valence-electron chi connectivity index (χ0n) is 15.6. The molecule has 11 nitrogen and oxygen atoms in total. The fraction of sp³-hybridized carbons (Fsp3) is 0.500. The van der Waals surface area contributed by atoms with Gasteiger partial charge in [0.1, 0.15) is 12.1 Å². The number of aromatic nitrogens is 2. The standard InChI is InChI=1S/C16H24N6O5S/c1-9(23)19-4-3-14(25)22-12(5-11-6-18-8-20-11)16(27)28-7-13(15(17)26)21-10(2)24/h6,8,12-13H,3-5,7H2,1-2H3,(H2,17,26)(H,18,20)(H,19,23)(H,21,24)(H,22,25). The molecular weight excluding hydrogens is 388 g/mol. The topological polar surface area (TPSA) is 176 Å². The van der Waals surface area contributed by atoms with E-state index in [-0.39, 0.29) is 31.0 Å². The van der Waals surface area contributed by atoms with Crippen molar-refractivity contribution in [1.82, 2.24) is 25.9 Å². The number of nitrogens with zero attached hydrogens (tertiary/aromatic N) is 1. The summed E-state index contributed by atoms with van der Waals surface area (Å²) >= 11 is 0.782. The summed E-state index contributed by atoms with van der Waals surface area (Å²) in [6, 6.07) is -1.89. The molecule has 0 fully saturated rings. The molecule has 1 rings (SSSR count). The third kappa shape index (κ3) is 9.16. The van der Waals surface area contributed by atoms with Crippen LogP contribution in [0.15, 0.2) is 12.5 Å². The minimum atomic E-state index is -1.00. The van der Waals surface area contributed by atoms with Crippen molar-refractivity contribution in [2.75, 3.05) is 12.3 Å². The first-order valence-electron chi connectivity index (χ1n) is 8.43. The second-order valence-corrected chi connectivity index (χ2v) is 6.94. The lowest BCUT2D eigenvalue weighted by atomic mass is 10.2. The van der Waals surface area contributed by atoms with E-state index in [1.54, 1.807) is 0 Å². The Morgan fingerprint density at radius 3 is 2.39 bits per heavy atom. The molecule has 12 heteroatoms. The van der Waals surface area contributed by atoms with Gasteiger partial charge in [-0.25, -0.2) is 4.98 Å². The molecule has 6 N–H and O–H groups in total. The van der Waals surface area contributed by atoms with Crippen LogP contribution in [0.25, 0.3) is 0 Å². The van der Waals surface area contributed by atoms with Crippen molar-refractivity contribution >= 4 is 40.5 Å². The van der Waals surface area contributed by atoms with E-state index < -0.39 is 34.9 Å². The number of carbonyl (C=O) groups is 5. The van der Waals surface area contributed by atoms with Crippen LogP contribution in [0, 0.1) is 0 Å². The molecule has 0 radical (unpaired) electrons. The van der Waals surface area contributed by atoms with E-state index >= 15 is 0 Å². The summed E-state index contributed by atoms with van der Waals surface area (Å²) in [4.78, 5) is 64.8. The van der Waals surface area contributed by atoms with Crippen LogP contribution in [-0.2, 0) is 30.4 Å². The summed E-state index contributed by atoms with van der Waals surface area (Å²) in [5.41, 5.74) is 5.85. The monoisotopic (exact) mass is 412 g/mol. The smallest absolute Gasteiger partial charge is 0.240 e. The number of hydrogen-bond acceptors (Lipinski definition) is 7. The molecule has 154 valence electrons. The zero-order chi connectivity index (χ0) is 21.1. The normalized spacial score (nSPS) is 12.5. The fourth-order valence-electron chi connectivity index (χ4n) is 2.13. The highest BCUT2D eigenvalue weighted by atomic mass is 32.2. The Hall–Kier alpha value is -2.89. The number of nitrogens with one attached hydrogen (secondary N) is 4. The number of rotatable bonds is 11. The summed E-state index contributed by atoms with van der Waals surface area (Å²) in [5, 5.41) is 7.07. The molecule has 0 aromatic carbocycles. The van der Waals surface area contributed by atoms with Gasteiger partial charge in [0.05, 0.1) is 6.33 Å². The van der Waals surface area contributed by atoms with Crippen LogP contribution < -0.4 is 21.7 Å². The first-order chi connectivity index (χ1) is 13.2. The Bertz CT molecular complexity index is 708. The van der Waals surface area contributed by atoms with E-state index in [1.807, 2.05) is 0 Å². The molecule has 2 unspecified atom stereocenters. The first kappa shape index (κ1) is 23.1. The largest absolute Gasteiger partial charge is 0.368 e. The number of thioether (sulfide) groups is 1. The Labute approximate surface area is 166 Å². The molecule has 0 spiro atoms. The third-order valence-electron chi connectivity index (χ3n) is 3.44. The molecule has 0 bridgehead atoms. The Morgan fingerprint density at radius 1 is 1.14 bits per heavy atom. The van der Waals surface area contributed by atoms with Gasteiger partial charge in [-0.05, 0) is 0 Å². The number of carbonyl (C=O) groups excluding carboxylic acids is 5. The molecule has 1 aromatic heterocycles. The lowest BCUT2D eigenvalue weighted by Crippen LogP contribution is -2.47. The summed E-state index contributed by atoms with van der Waals surface area (Å²) < 4.78 is 0. The van der Waals surface area contributed by atoms with Gasteiger partial charge >= 0.3 is 0 Å². The van der Waals surface area contributed by atoms with Crippen LogP contribution in [0.1, 0.15) is 26.0 Å². The third-order valence-corrected chi connectivity index (χ3v) is 4.51. The van der Waals surface area contributed by atoms with Crippen LogP contribution in [0.2, 0.25) is 0 Å². The van der Waals surface area contributed by atoms with Gasteiger partial charge in [-0.2, -0.15) is 0 Å². The SMILES string of the molecule is CC(=O)NCCC(=O)NC(Cc1cnc[nH]1)C(=O)SCC(NC(C)=O)C(N)=O. The van der Waals surface area contributed by atoms with Crippen LogP contribution >= 0.6 is 11.8 Å². The number of aromatic amines is 1. The number of primary amides is 1. The van der Waals surface area contributed by atoms with Gasteiger partial charge in [0.25, 0.3) is 0 Å². The second kappa shape index (κ2) is 11.7. The van der Waals surface area contributed by atoms with Crippen molar-refractivity contribution < 1.29 is 24.0 Å². The second-order valence-electron chi connectivity index (χ2n) is 5.92. The van der Waals surface area contributed by atoms with Crippen molar-refractivity contribution in [2.24, 2.45) is 5.73 Å². The van der Waals surface area contributed by atoms with Crippen LogP contribution in [0.4, 0.5) is 0 Å². The minimum Gasteiger partial charge on any atom is -0.368 e. The number of nitrogens with two attached hydrogens (primary N) is 1. The highest BCUT2D eigenvalue weighted by Gasteiger charge is 2.25. The molecular formula is C16H24N6O5S. The highest BCUT2D eigenvalue weighted by Crippen LogP contribution is 2.12. The van der Waals surface area contributed by atoms with Gasteiger partial charge in [0, 0.05) is 50.9 Å². The average Bonchev–Trinajstić information content (AvgIpc) is 3.10. The summed E-state index contributed by atoms with van der Waals surface area (Å²) in [6.45, 7) is 2.72. The maximum Gasteiger partial charge on any atom is 0.240 e. The van der Waals surface area contributed by atoms with Gasteiger partial charge in [-0.1, -0.05) is 11.8 Å². The molecule has 0 aliphatic carbocycles. The number of H-pyrrole nitrogens is 1. The molecule has 0 saturated carbocycles. The van der Waals surface area contributed by atoms with Crippen LogP contribution in [0.3, 0.4) is 0 Å². The van der Waals surface area contributed by atoms with E-state index in [4.69, 9.17) is 5.73 Å². The van der Waals surface area contributed by atoms with Gasteiger partial charge < -0.3 is 26.7 Å². The van der Waals surface area contributed by atoms with Crippen molar-refractivity contribution in [3.05, 3.63) is 18.2 Å². The highest BCUT2D eigenvalue weighted by molar-refractivity contribution is 8.13. The van der Waals surface area contributed by atoms with Crippen molar-refractivity contribution in [2.45, 2.75) is 38.8 Å². The van der Waals surface area contributed by atoms with E-state index in [9.17, 15) is 24.0 Å². The quantitative estimate of drug-likeness (QED) is 0.285. The molecule has 0 aliphatic heterocycles. The summed E-state index contributed by atoms with van der Waals surface area (Å²) in [6.07, 6.45) is 3.15. The minimum absolute atomic E-state index is 0.00675. The molecule has 0 saturated heterocycles. The van der Waals surface area contributed by atoms with Crippen LogP contribution in [-0.4, -0.2) is 63.1 Å². The fourth-order valence-corrected chi connectivity index (χ4v) is 3.06. The van der Waals surface area contributed by atoms with Gasteiger partial charge in [0.15, 0.2) is 0 Å².